The van der Waals surface area contributed by atoms with Gasteiger partial charge in [0.1, 0.15) is 11.5 Å². The molecule has 0 saturated carbocycles. The van der Waals surface area contributed by atoms with E-state index in [1.807, 2.05) is 6.07 Å². The van der Waals surface area contributed by atoms with Crippen LogP contribution in [0.3, 0.4) is 0 Å². The molecule has 0 aliphatic carbocycles. The molecule has 0 fully saturated rings. The number of amides is 2. The van der Waals surface area contributed by atoms with Crippen molar-refractivity contribution in [3.8, 4) is 17.1 Å². The highest BCUT2D eigenvalue weighted by Crippen LogP contribution is 2.25. The molecular weight excluding hydrogens is 332 g/mol. The van der Waals surface area contributed by atoms with E-state index in [1.165, 1.54) is 6.92 Å². The van der Waals surface area contributed by atoms with Gasteiger partial charge in [-0.1, -0.05) is 12.1 Å². The number of hydrogen-bond donors (Lipinski definition) is 2. The molecule has 26 heavy (non-hydrogen) atoms. The first-order chi connectivity index (χ1) is 12.5. The Morgan fingerprint density at radius 2 is 1.69 bits per heavy atom. The highest BCUT2D eigenvalue weighted by Gasteiger charge is 2.13. The minimum atomic E-state index is -0.348. The molecule has 0 spiro atoms. The zero-order valence-corrected chi connectivity index (χ0v) is 14.4. The lowest BCUT2D eigenvalue weighted by molar-refractivity contribution is -0.114. The van der Waals surface area contributed by atoms with E-state index >= 15 is 0 Å². The number of anilines is 2. The van der Waals surface area contributed by atoms with Gasteiger partial charge in [0.15, 0.2) is 5.76 Å². The summed E-state index contributed by atoms with van der Waals surface area (Å²) in [4.78, 5) is 23.5. The fraction of sp³-hybridized carbons (Fsp3) is 0.100. The number of carbonyl (C=O) groups excluding carboxylic acids is 2. The minimum Gasteiger partial charge on any atom is -0.497 e. The first-order valence-electron chi connectivity index (χ1n) is 7.98. The topological polar surface area (TPSA) is 80.6 Å². The van der Waals surface area contributed by atoms with E-state index in [0.29, 0.717) is 22.9 Å². The maximum absolute atomic E-state index is 12.3. The summed E-state index contributed by atoms with van der Waals surface area (Å²) in [5, 5.41) is 5.48. The lowest BCUT2D eigenvalue weighted by Gasteiger charge is -2.05. The van der Waals surface area contributed by atoms with Crippen molar-refractivity contribution in [3.63, 3.8) is 0 Å². The summed E-state index contributed by atoms with van der Waals surface area (Å²) >= 11 is 0. The summed E-state index contributed by atoms with van der Waals surface area (Å²) in [6.45, 7) is 1.45. The molecule has 6 nitrogen and oxygen atoms in total. The molecule has 0 saturated heterocycles. The van der Waals surface area contributed by atoms with E-state index in [2.05, 4.69) is 10.6 Å². The Balaban J connectivity index is 1.74. The van der Waals surface area contributed by atoms with Crippen LogP contribution in [0.5, 0.6) is 5.75 Å². The average molecular weight is 350 g/mol. The average Bonchev–Trinajstić information content (AvgIpc) is 3.12. The zero-order chi connectivity index (χ0) is 18.5. The number of methoxy groups -OCH3 is 1. The molecule has 2 N–H and O–H groups in total. The Bertz CT molecular complexity index is 929. The smallest absolute Gasteiger partial charge is 0.291 e. The van der Waals surface area contributed by atoms with Gasteiger partial charge in [0.2, 0.25) is 5.91 Å². The number of carbonyl (C=O) groups is 2. The predicted octanol–water partition coefficient (Wildman–Crippen LogP) is 4.17. The van der Waals surface area contributed by atoms with Crippen LogP contribution < -0.4 is 15.4 Å². The number of rotatable bonds is 5. The summed E-state index contributed by atoms with van der Waals surface area (Å²) in [6, 6.07) is 17.6. The van der Waals surface area contributed by atoms with Crippen LogP contribution in [-0.2, 0) is 4.79 Å². The molecule has 132 valence electrons. The van der Waals surface area contributed by atoms with Gasteiger partial charge in [-0.2, -0.15) is 0 Å². The molecule has 1 aromatic heterocycles. The molecule has 3 aromatic rings. The summed E-state index contributed by atoms with van der Waals surface area (Å²) in [7, 11) is 1.58. The highest BCUT2D eigenvalue weighted by molar-refractivity contribution is 6.02. The summed E-state index contributed by atoms with van der Waals surface area (Å²) in [5.74, 6) is 0.945. The second-order valence-electron chi connectivity index (χ2n) is 5.61. The summed E-state index contributed by atoms with van der Waals surface area (Å²) in [6.07, 6.45) is 0. The van der Waals surface area contributed by atoms with Gasteiger partial charge in [0.05, 0.1) is 7.11 Å². The van der Waals surface area contributed by atoms with Gasteiger partial charge < -0.3 is 19.8 Å². The van der Waals surface area contributed by atoms with E-state index in [4.69, 9.17) is 9.15 Å². The SMILES string of the molecule is COc1ccc(NC(=O)c2ccc(-c3cccc(NC(C)=O)c3)o2)cc1. The second kappa shape index (κ2) is 7.57. The first-order valence-corrected chi connectivity index (χ1v) is 7.98. The lowest BCUT2D eigenvalue weighted by atomic mass is 10.1. The van der Waals surface area contributed by atoms with Crippen LogP contribution in [0.2, 0.25) is 0 Å². The van der Waals surface area contributed by atoms with Gasteiger partial charge >= 0.3 is 0 Å². The van der Waals surface area contributed by atoms with Crippen LogP contribution in [0.15, 0.2) is 65.1 Å². The standard InChI is InChI=1S/C20H18N2O4/c1-13(23)21-16-5-3-4-14(12-16)18-10-11-19(26-18)20(24)22-15-6-8-17(25-2)9-7-15/h3-12H,1-2H3,(H,21,23)(H,22,24). The highest BCUT2D eigenvalue weighted by atomic mass is 16.5. The van der Waals surface area contributed by atoms with Gasteiger partial charge in [-0.25, -0.2) is 0 Å². The van der Waals surface area contributed by atoms with Crippen LogP contribution >= 0.6 is 0 Å². The maximum atomic E-state index is 12.3. The van der Waals surface area contributed by atoms with Crippen molar-refractivity contribution in [2.75, 3.05) is 17.7 Å². The van der Waals surface area contributed by atoms with Gasteiger partial charge in [0.25, 0.3) is 5.91 Å². The van der Waals surface area contributed by atoms with E-state index in [-0.39, 0.29) is 17.6 Å². The van der Waals surface area contributed by atoms with Gasteiger partial charge in [-0.05, 0) is 48.5 Å². The quantitative estimate of drug-likeness (QED) is 0.724. The Morgan fingerprint density at radius 3 is 2.38 bits per heavy atom. The van der Waals surface area contributed by atoms with E-state index in [0.717, 1.165) is 5.56 Å². The van der Waals surface area contributed by atoms with Crippen molar-refractivity contribution in [1.29, 1.82) is 0 Å². The van der Waals surface area contributed by atoms with Crippen LogP contribution in [0.4, 0.5) is 11.4 Å². The molecule has 2 aromatic carbocycles. The summed E-state index contributed by atoms with van der Waals surface area (Å²) in [5.41, 5.74) is 2.07. The molecular formula is C20H18N2O4. The lowest BCUT2D eigenvalue weighted by Crippen LogP contribution is -2.10. The van der Waals surface area contributed by atoms with E-state index in [9.17, 15) is 9.59 Å². The molecule has 2 amide bonds. The van der Waals surface area contributed by atoms with Crippen molar-refractivity contribution >= 4 is 23.2 Å². The molecule has 0 radical (unpaired) electrons. The number of benzene rings is 2. The predicted molar refractivity (Wildman–Crippen MR) is 99.4 cm³/mol. The van der Waals surface area contributed by atoms with E-state index < -0.39 is 0 Å². The first kappa shape index (κ1) is 17.3. The molecule has 0 atom stereocenters. The van der Waals surface area contributed by atoms with Crippen LogP contribution in [0.25, 0.3) is 11.3 Å². The van der Waals surface area contributed by atoms with Crippen molar-refractivity contribution < 1.29 is 18.7 Å². The third-order valence-electron chi connectivity index (χ3n) is 3.65. The van der Waals surface area contributed by atoms with Crippen LogP contribution in [0, 0.1) is 0 Å². The number of ether oxygens (including phenoxy) is 1. The van der Waals surface area contributed by atoms with Crippen molar-refractivity contribution in [1.82, 2.24) is 0 Å². The monoisotopic (exact) mass is 350 g/mol. The fourth-order valence-electron chi connectivity index (χ4n) is 2.44. The number of hydrogen-bond acceptors (Lipinski definition) is 4. The zero-order valence-electron chi connectivity index (χ0n) is 14.4. The molecule has 0 bridgehead atoms. The van der Waals surface area contributed by atoms with Crippen LogP contribution in [-0.4, -0.2) is 18.9 Å². The molecule has 3 rings (SSSR count). The second-order valence-corrected chi connectivity index (χ2v) is 5.61. The van der Waals surface area contributed by atoms with Crippen molar-refractivity contribution in [3.05, 3.63) is 66.4 Å². The maximum Gasteiger partial charge on any atom is 0.291 e. The van der Waals surface area contributed by atoms with Gasteiger partial charge in [-0.15, -0.1) is 0 Å². The Kier molecular flexibility index (Phi) is 5.03. The molecule has 0 unspecified atom stereocenters. The van der Waals surface area contributed by atoms with Crippen LogP contribution in [0.1, 0.15) is 17.5 Å². The minimum absolute atomic E-state index is 0.152. The van der Waals surface area contributed by atoms with Crippen molar-refractivity contribution in [2.45, 2.75) is 6.92 Å². The third kappa shape index (κ3) is 4.10. The third-order valence-corrected chi connectivity index (χ3v) is 3.65. The summed E-state index contributed by atoms with van der Waals surface area (Å²) < 4.78 is 10.7. The molecule has 6 heteroatoms. The normalized spacial score (nSPS) is 10.2. The molecule has 1 heterocycles. The van der Waals surface area contributed by atoms with Gasteiger partial charge in [0, 0.05) is 23.9 Å². The fourth-order valence-corrected chi connectivity index (χ4v) is 2.44. The molecule has 0 aliphatic heterocycles. The Morgan fingerprint density at radius 1 is 0.923 bits per heavy atom. The Hall–Kier alpha value is -3.54. The Labute approximate surface area is 150 Å². The number of furan rings is 1. The van der Waals surface area contributed by atoms with Gasteiger partial charge in [-0.3, -0.25) is 9.59 Å². The van der Waals surface area contributed by atoms with Crippen molar-refractivity contribution in [2.24, 2.45) is 0 Å². The molecule has 0 aliphatic rings. The van der Waals surface area contributed by atoms with E-state index in [1.54, 1.807) is 61.7 Å². The largest absolute Gasteiger partial charge is 0.497 e. The number of nitrogens with one attached hydrogen (secondary N) is 2.